The number of anilines is 1. The Morgan fingerprint density at radius 2 is 1.92 bits per heavy atom. The summed E-state index contributed by atoms with van der Waals surface area (Å²) in [6, 6.07) is 8.60. The number of nitrogens with zero attached hydrogens (tertiary/aromatic N) is 5. The van der Waals surface area contributed by atoms with E-state index in [1.165, 1.54) is 16.4 Å². The molecule has 0 bridgehead atoms. The highest BCUT2D eigenvalue weighted by Gasteiger charge is 2.34. The van der Waals surface area contributed by atoms with Crippen molar-refractivity contribution in [3.8, 4) is 0 Å². The fraction of sp³-hybridized carbons (Fsp3) is 0.292. The van der Waals surface area contributed by atoms with Gasteiger partial charge in [0.2, 0.25) is 10.0 Å². The maximum atomic E-state index is 13.5. The van der Waals surface area contributed by atoms with Crippen molar-refractivity contribution in [2.24, 2.45) is 0 Å². The normalized spacial score (nSPS) is 16.9. The number of nitrogens with one attached hydrogen (secondary N) is 1. The summed E-state index contributed by atoms with van der Waals surface area (Å²) in [5, 5.41) is 8.18. The molecule has 8 nitrogen and oxygen atoms in total. The number of aromatic nitrogens is 4. The van der Waals surface area contributed by atoms with Gasteiger partial charge in [0.25, 0.3) is 0 Å². The molecule has 12 heteroatoms. The average Bonchev–Trinajstić information content (AvgIpc) is 3.23. The van der Waals surface area contributed by atoms with Crippen LogP contribution >= 0.6 is 34.8 Å². The number of benzene rings is 1. The standard InChI is InChI=1S/C24H23Cl3N6O2S/c1-15-11-30-33-22(29-13-16-4-2-6-28-12-16)10-21(31-24(15)33)17-5-3-7-32(14-17)36(34,35)23-19(26)8-18(25)9-20(23)27/h2,4,6,8-12,17,29H,3,5,7,13-14H2,1H3. The summed E-state index contributed by atoms with van der Waals surface area (Å²) >= 11 is 18.5. The van der Waals surface area contributed by atoms with E-state index in [1.807, 2.05) is 25.1 Å². The second-order valence-electron chi connectivity index (χ2n) is 8.74. The number of piperidine rings is 1. The molecule has 1 saturated heterocycles. The topological polar surface area (TPSA) is 92.5 Å². The first kappa shape index (κ1) is 25.2. The predicted octanol–water partition coefficient (Wildman–Crippen LogP) is 5.57. The highest BCUT2D eigenvalue weighted by Crippen LogP contribution is 2.37. The Hall–Kier alpha value is -2.43. The summed E-state index contributed by atoms with van der Waals surface area (Å²) in [6.45, 7) is 3.14. The number of rotatable bonds is 6. The van der Waals surface area contributed by atoms with Crippen LogP contribution in [0.25, 0.3) is 5.65 Å². The summed E-state index contributed by atoms with van der Waals surface area (Å²) in [7, 11) is -3.93. The number of halogens is 3. The highest BCUT2D eigenvalue weighted by atomic mass is 35.5. The Morgan fingerprint density at radius 3 is 2.64 bits per heavy atom. The van der Waals surface area contributed by atoms with Gasteiger partial charge in [0.1, 0.15) is 10.7 Å². The van der Waals surface area contributed by atoms with Crippen LogP contribution < -0.4 is 5.32 Å². The van der Waals surface area contributed by atoms with E-state index in [-0.39, 0.29) is 32.4 Å². The molecule has 1 aromatic carbocycles. The smallest absolute Gasteiger partial charge is 0.246 e. The number of aryl methyl sites for hydroxylation is 1. The van der Waals surface area contributed by atoms with Crippen molar-refractivity contribution in [2.45, 2.75) is 37.1 Å². The van der Waals surface area contributed by atoms with Crippen LogP contribution in [0.2, 0.25) is 15.1 Å². The fourth-order valence-corrected chi connectivity index (χ4v) is 7.44. The van der Waals surface area contributed by atoms with E-state index in [9.17, 15) is 8.42 Å². The molecule has 1 aliphatic rings. The zero-order chi connectivity index (χ0) is 25.4. The minimum Gasteiger partial charge on any atom is -0.366 e. The second-order valence-corrected chi connectivity index (χ2v) is 11.9. The summed E-state index contributed by atoms with van der Waals surface area (Å²) in [6.07, 6.45) is 6.78. The lowest BCUT2D eigenvalue weighted by Crippen LogP contribution is -2.39. The minimum absolute atomic E-state index is 0.00550. The summed E-state index contributed by atoms with van der Waals surface area (Å²) in [5.74, 6) is 0.660. The molecule has 0 amide bonds. The second kappa shape index (κ2) is 10.1. The Balaban J connectivity index is 1.46. The Labute approximate surface area is 224 Å². The third kappa shape index (κ3) is 4.90. The molecule has 0 spiro atoms. The molecule has 1 unspecified atom stereocenters. The van der Waals surface area contributed by atoms with E-state index in [0.717, 1.165) is 34.7 Å². The molecule has 1 atom stereocenters. The largest absolute Gasteiger partial charge is 0.366 e. The van der Waals surface area contributed by atoms with Crippen molar-refractivity contribution in [2.75, 3.05) is 18.4 Å². The van der Waals surface area contributed by atoms with Crippen LogP contribution in [0.15, 0.2) is 53.8 Å². The molecule has 36 heavy (non-hydrogen) atoms. The monoisotopic (exact) mass is 564 g/mol. The lowest BCUT2D eigenvalue weighted by atomic mass is 9.96. The van der Waals surface area contributed by atoms with Crippen LogP contribution in [-0.4, -0.2) is 45.4 Å². The van der Waals surface area contributed by atoms with E-state index in [4.69, 9.17) is 39.8 Å². The SMILES string of the molecule is Cc1cnn2c(NCc3cccnc3)cc(C3CCCN(S(=O)(=O)c4c(Cl)cc(Cl)cc4Cl)C3)nc12. The molecular weight excluding hydrogens is 543 g/mol. The molecule has 4 aromatic rings. The Kier molecular flexibility index (Phi) is 7.11. The summed E-state index contributed by atoms with van der Waals surface area (Å²) in [5.41, 5.74) is 3.48. The Bertz CT molecular complexity index is 1500. The van der Waals surface area contributed by atoms with Gasteiger partial charge in [0.15, 0.2) is 5.65 Å². The van der Waals surface area contributed by atoms with Gasteiger partial charge in [-0.1, -0.05) is 40.9 Å². The van der Waals surface area contributed by atoms with E-state index < -0.39 is 10.0 Å². The molecule has 188 valence electrons. The highest BCUT2D eigenvalue weighted by molar-refractivity contribution is 7.89. The van der Waals surface area contributed by atoms with Gasteiger partial charge in [0, 0.05) is 54.6 Å². The summed E-state index contributed by atoms with van der Waals surface area (Å²) in [4.78, 5) is 8.91. The zero-order valence-corrected chi connectivity index (χ0v) is 22.4. The lowest BCUT2D eigenvalue weighted by Gasteiger charge is -2.32. The number of sulfonamides is 1. The third-order valence-corrected chi connectivity index (χ3v) is 9.23. The predicted molar refractivity (Wildman–Crippen MR) is 141 cm³/mol. The fourth-order valence-electron chi connectivity index (χ4n) is 4.43. The van der Waals surface area contributed by atoms with Crippen LogP contribution in [0.1, 0.15) is 35.6 Å². The van der Waals surface area contributed by atoms with Crippen LogP contribution in [0.3, 0.4) is 0 Å². The maximum absolute atomic E-state index is 13.5. The van der Waals surface area contributed by atoms with Crippen LogP contribution in [-0.2, 0) is 16.6 Å². The van der Waals surface area contributed by atoms with E-state index in [0.29, 0.717) is 19.5 Å². The van der Waals surface area contributed by atoms with Gasteiger partial charge in [0.05, 0.1) is 21.9 Å². The minimum atomic E-state index is -3.93. The molecule has 5 rings (SSSR count). The van der Waals surface area contributed by atoms with Crippen molar-refractivity contribution in [3.05, 3.63) is 80.8 Å². The summed E-state index contributed by atoms with van der Waals surface area (Å²) < 4.78 is 30.3. The number of hydrogen-bond acceptors (Lipinski definition) is 6. The van der Waals surface area contributed by atoms with E-state index in [2.05, 4.69) is 15.4 Å². The number of hydrogen-bond donors (Lipinski definition) is 1. The van der Waals surface area contributed by atoms with Gasteiger partial charge in [-0.3, -0.25) is 4.98 Å². The van der Waals surface area contributed by atoms with Crippen molar-refractivity contribution >= 4 is 56.3 Å². The third-order valence-electron chi connectivity index (χ3n) is 6.23. The molecule has 1 fully saturated rings. The molecule has 4 heterocycles. The molecule has 3 aromatic heterocycles. The first-order valence-electron chi connectivity index (χ1n) is 11.4. The molecule has 1 N–H and O–H groups in total. The molecule has 0 aliphatic carbocycles. The quantitative estimate of drug-likeness (QED) is 0.328. The molecule has 1 aliphatic heterocycles. The first-order valence-corrected chi connectivity index (χ1v) is 13.9. The van der Waals surface area contributed by atoms with Crippen molar-refractivity contribution < 1.29 is 8.42 Å². The van der Waals surface area contributed by atoms with Gasteiger partial charge in [-0.2, -0.15) is 13.9 Å². The Morgan fingerprint density at radius 1 is 1.14 bits per heavy atom. The van der Waals surface area contributed by atoms with Crippen LogP contribution in [0.5, 0.6) is 0 Å². The van der Waals surface area contributed by atoms with Gasteiger partial charge in [-0.15, -0.1) is 0 Å². The first-order chi connectivity index (χ1) is 17.2. The van der Waals surface area contributed by atoms with Crippen molar-refractivity contribution in [3.63, 3.8) is 0 Å². The maximum Gasteiger partial charge on any atom is 0.246 e. The number of pyridine rings is 1. The van der Waals surface area contributed by atoms with Gasteiger partial charge in [-0.25, -0.2) is 13.4 Å². The lowest BCUT2D eigenvalue weighted by molar-refractivity contribution is 0.313. The molecule has 0 saturated carbocycles. The van der Waals surface area contributed by atoms with E-state index >= 15 is 0 Å². The molecule has 0 radical (unpaired) electrons. The van der Waals surface area contributed by atoms with Gasteiger partial charge >= 0.3 is 0 Å². The number of fused-ring (bicyclic) bond motifs is 1. The zero-order valence-electron chi connectivity index (χ0n) is 19.3. The van der Waals surface area contributed by atoms with Crippen LogP contribution in [0.4, 0.5) is 5.82 Å². The van der Waals surface area contributed by atoms with Crippen molar-refractivity contribution in [1.29, 1.82) is 0 Å². The van der Waals surface area contributed by atoms with Crippen molar-refractivity contribution in [1.82, 2.24) is 23.9 Å². The van der Waals surface area contributed by atoms with Gasteiger partial charge < -0.3 is 5.32 Å². The van der Waals surface area contributed by atoms with Crippen LogP contribution in [0, 0.1) is 6.92 Å². The molecular formula is C24H23Cl3N6O2S. The average molecular weight is 566 g/mol. The van der Waals surface area contributed by atoms with E-state index in [1.54, 1.807) is 23.1 Å². The van der Waals surface area contributed by atoms with Gasteiger partial charge in [-0.05, 0) is 43.5 Å².